The van der Waals surface area contributed by atoms with E-state index in [0.717, 1.165) is 16.9 Å². The zero-order valence-corrected chi connectivity index (χ0v) is 16.2. The normalized spacial score (nSPS) is 22.0. The Hall–Kier alpha value is -2.35. The molecular formula is C21H25F2N3O3. The molecule has 1 aromatic carbocycles. The maximum Gasteiger partial charge on any atom is 0.352 e. The molecule has 1 saturated heterocycles. The van der Waals surface area contributed by atoms with Crippen LogP contribution in [0, 0.1) is 0 Å². The molecule has 6 nitrogen and oxygen atoms in total. The summed E-state index contributed by atoms with van der Waals surface area (Å²) in [6.45, 7) is 0.192. The number of benzene rings is 1. The Labute approximate surface area is 167 Å². The van der Waals surface area contributed by atoms with Gasteiger partial charge in [-0.15, -0.1) is 0 Å². The van der Waals surface area contributed by atoms with Crippen LogP contribution < -0.4 is 0 Å². The number of hydrogen-bond donors (Lipinski definition) is 1. The van der Waals surface area contributed by atoms with Crippen molar-refractivity contribution in [1.82, 2.24) is 15.0 Å². The third-order valence-corrected chi connectivity index (χ3v) is 6.03. The average molecular weight is 405 g/mol. The number of rotatable bonds is 5. The fraction of sp³-hybridized carbons (Fsp3) is 0.571. The summed E-state index contributed by atoms with van der Waals surface area (Å²) < 4.78 is 35.3. The minimum atomic E-state index is -3.83. The van der Waals surface area contributed by atoms with Crippen molar-refractivity contribution in [3.63, 3.8) is 0 Å². The van der Waals surface area contributed by atoms with Crippen molar-refractivity contribution >= 4 is 5.91 Å². The predicted molar refractivity (Wildman–Crippen MR) is 100 cm³/mol. The molecule has 0 radical (unpaired) electrons. The van der Waals surface area contributed by atoms with Crippen molar-refractivity contribution in [3.8, 4) is 0 Å². The van der Waals surface area contributed by atoms with Crippen LogP contribution in [0.5, 0.6) is 0 Å². The lowest BCUT2D eigenvalue weighted by molar-refractivity contribution is -0.210. The zero-order valence-electron chi connectivity index (χ0n) is 16.2. The third-order valence-electron chi connectivity index (χ3n) is 6.03. The van der Waals surface area contributed by atoms with Crippen LogP contribution in [0.2, 0.25) is 0 Å². The summed E-state index contributed by atoms with van der Waals surface area (Å²) in [6.07, 6.45) is 3.17. The van der Waals surface area contributed by atoms with Crippen LogP contribution >= 0.6 is 0 Å². The topological polar surface area (TPSA) is 79.5 Å². The second-order valence-electron chi connectivity index (χ2n) is 8.03. The van der Waals surface area contributed by atoms with Crippen LogP contribution in [0.1, 0.15) is 68.3 Å². The highest BCUT2D eigenvalue weighted by atomic mass is 19.3. The van der Waals surface area contributed by atoms with Crippen LogP contribution in [0.3, 0.4) is 0 Å². The minimum Gasteiger partial charge on any atom is -0.383 e. The number of nitrogens with zero attached hydrogens (tertiary/aromatic N) is 3. The summed E-state index contributed by atoms with van der Waals surface area (Å²) in [7, 11) is 0. The number of hydrogen-bond acceptors (Lipinski definition) is 5. The Bertz CT molecular complexity index is 850. The van der Waals surface area contributed by atoms with Crippen molar-refractivity contribution in [2.45, 2.75) is 68.9 Å². The van der Waals surface area contributed by atoms with Gasteiger partial charge in [-0.2, -0.15) is 13.8 Å². The number of carbonyl (C=O) groups excluding carboxylic acids is 1. The minimum absolute atomic E-state index is 0.0618. The first-order valence-corrected chi connectivity index (χ1v) is 10.2. The van der Waals surface area contributed by atoms with E-state index in [-0.39, 0.29) is 25.2 Å². The molecule has 156 valence electrons. The molecule has 0 spiro atoms. The Kier molecular flexibility index (Phi) is 5.38. The average Bonchev–Trinajstić information content (AvgIpc) is 3.38. The van der Waals surface area contributed by atoms with Crippen LogP contribution in [0.25, 0.3) is 0 Å². The molecule has 2 heterocycles. The van der Waals surface area contributed by atoms with Gasteiger partial charge in [0.2, 0.25) is 5.89 Å². The lowest BCUT2D eigenvalue weighted by Crippen LogP contribution is -2.58. The van der Waals surface area contributed by atoms with Crippen LogP contribution in [0.4, 0.5) is 8.78 Å². The number of likely N-dealkylation sites (tertiary alicyclic amines) is 1. The highest BCUT2D eigenvalue weighted by molar-refractivity contribution is 5.85. The monoisotopic (exact) mass is 405 g/mol. The summed E-state index contributed by atoms with van der Waals surface area (Å²) in [5.74, 6) is -4.54. The number of aliphatic hydroxyl groups is 1. The molecule has 1 N–H and O–H groups in total. The lowest BCUT2D eigenvalue weighted by Gasteiger charge is -2.39. The molecule has 2 aromatic rings. The highest BCUT2D eigenvalue weighted by Crippen LogP contribution is 2.44. The Morgan fingerprint density at radius 3 is 2.66 bits per heavy atom. The Morgan fingerprint density at radius 1 is 1.21 bits per heavy atom. The maximum absolute atomic E-state index is 15.0. The van der Waals surface area contributed by atoms with Gasteiger partial charge in [-0.05, 0) is 31.2 Å². The first-order valence-electron chi connectivity index (χ1n) is 10.2. The van der Waals surface area contributed by atoms with E-state index in [4.69, 9.17) is 4.52 Å². The molecule has 0 unspecified atom stereocenters. The van der Waals surface area contributed by atoms with Gasteiger partial charge in [-0.25, -0.2) is 0 Å². The number of amides is 1. The van der Waals surface area contributed by atoms with Crippen LogP contribution in [-0.4, -0.2) is 44.1 Å². The summed E-state index contributed by atoms with van der Waals surface area (Å²) in [5.41, 5.74) is -1.28. The molecule has 1 aromatic heterocycles. The fourth-order valence-corrected chi connectivity index (χ4v) is 4.35. The number of carbonyl (C=O) groups is 1. The largest absolute Gasteiger partial charge is 0.383 e. The lowest BCUT2D eigenvalue weighted by atomic mass is 9.79. The van der Waals surface area contributed by atoms with Crippen LogP contribution in [-0.2, 0) is 11.2 Å². The molecular weight excluding hydrogens is 380 g/mol. The molecule has 1 aliphatic heterocycles. The summed E-state index contributed by atoms with van der Waals surface area (Å²) in [5, 5.41) is 14.5. The number of halogens is 2. The van der Waals surface area contributed by atoms with Gasteiger partial charge in [0.1, 0.15) is 5.60 Å². The first-order chi connectivity index (χ1) is 13.9. The van der Waals surface area contributed by atoms with Gasteiger partial charge in [-0.1, -0.05) is 54.8 Å². The third kappa shape index (κ3) is 3.77. The Morgan fingerprint density at radius 2 is 1.93 bits per heavy atom. The summed E-state index contributed by atoms with van der Waals surface area (Å²) in [6, 6.07) is 8.92. The van der Waals surface area contributed by atoms with Crippen LogP contribution in [0.15, 0.2) is 34.9 Å². The quantitative estimate of drug-likeness (QED) is 0.821. The fourth-order valence-electron chi connectivity index (χ4n) is 4.35. The SMILES string of the molecule is O=C(N1CCC[C@H]1c1noc(Cc2ccccc2)n1)C(F)(F)C1(O)CCCCC1. The van der Waals surface area contributed by atoms with E-state index in [1.807, 2.05) is 30.3 Å². The van der Waals surface area contributed by atoms with E-state index in [1.165, 1.54) is 0 Å². The smallest absolute Gasteiger partial charge is 0.352 e. The van der Waals surface area contributed by atoms with Crippen molar-refractivity contribution in [2.24, 2.45) is 0 Å². The number of aromatic nitrogens is 2. The van der Waals surface area contributed by atoms with Gasteiger partial charge >= 0.3 is 5.92 Å². The van der Waals surface area contributed by atoms with E-state index >= 15 is 8.78 Å². The molecule has 29 heavy (non-hydrogen) atoms. The first kappa shape index (κ1) is 19.9. The summed E-state index contributed by atoms with van der Waals surface area (Å²) in [4.78, 5) is 18.3. The van der Waals surface area contributed by atoms with Crippen molar-refractivity contribution in [2.75, 3.05) is 6.54 Å². The van der Waals surface area contributed by atoms with Gasteiger partial charge in [0, 0.05) is 6.54 Å². The van der Waals surface area contributed by atoms with Gasteiger partial charge < -0.3 is 14.5 Å². The number of alkyl halides is 2. The van der Waals surface area contributed by atoms with E-state index in [1.54, 1.807) is 0 Å². The van der Waals surface area contributed by atoms with Crippen molar-refractivity contribution < 1.29 is 23.2 Å². The molecule has 1 saturated carbocycles. The van der Waals surface area contributed by atoms with Gasteiger partial charge in [0.05, 0.1) is 12.5 Å². The molecule has 1 amide bonds. The van der Waals surface area contributed by atoms with Crippen molar-refractivity contribution in [3.05, 3.63) is 47.6 Å². The van der Waals surface area contributed by atoms with Gasteiger partial charge in [0.15, 0.2) is 5.82 Å². The van der Waals surface area contributed by atoms with Gasteiger partial charge in [0.25, 0.3) is 5.91 Å². The maximum atomic E-state index is 15.0. The summed E-state index contributed by atoms with van der Waals surface area (Å²) >= 11 is 0. The van der Waals surface area contributed by atoms with E-state index in [2.05, 4.69) is 10.1 Å². The molecule has 1 atom stereocenters. The van der Waals surface area contributed by atoms with Crippen molar-refractivity contribution in [1.29, 1.82) is 0 Å². The molecule has 0 bridgehead atoms. The van der Waals surface area contributed by atoms with Gasteiger partial charge in [-0.3, -0.25) is 4.79 Å². The molecule has 2 fully saturated rings. The van der Waals surface area contributed by atoms with E-state index in [9.17, 15) is 9.90 Å². The van der Waals surface area contributed by atoms with E-state index < -0.39 is 23.5 Å². The highest BCUT2D eigenvalue weighted by Gasteiger charge is 2.60. The zero-order chi connectivity index (χ0) is 20.5. The Balaban J connectivity index is 1.51. The predicted octanol–water partition coefficient (Wildman–Crippen LogP) is 3.65. The molecule has 2 aliphatic rings. The molecule has 8 heteroatoms. The van der Waals surface area contributed by atoms with E-state index in [0.29, 0.717) is 38.0 Å². The second kappa shape index (κ2) is 7.82. The molecule has 1 aliphatic carbocycles. The molecule has 4 rings (SSSR count). The standard InChI is InChI=1S/C21H25F2N3O3/c22-21(23,20(28)11-5-2-6-12-20)19(27)26-13-7-10-16(26)18-24-17(29-25-18)14-15-8-3-1-4-9-15/h1,3-4,8-9,16,28H,2,5-7,10-14H2/t16-/m0/s1. The second-order valence-corrected chi connectivity index (χ2v) is 8.03.